The fourth-order valence-corrected chi connectivity index (χ4v) is 4.60. The molecular weight excluding hydrogens is 347 g/mol. The van der Waals surface area contributed by atoms with Crippen LogP contribution in [-0.2, 0) is 14.6 Å². The minimum atomic E-state index is -3.00. The highest BCUT2D eigenvalue weighted by Crippen LogP contribution is 2.24. The third kappa shape index (κ3) is 4.54. The molecule has 1 saturated heterocycles. The zero-order valence-corrected chi connectivity index (χ0v) is 14.1. The molecule has 1 aliphatic heterocycles. The van der Waals surface area contributed by atoms with Crippen LogP contribution in [0.15, 0.2) is 45.9 Å². The summed E-state index contributed by atoms with van der Waals surface area (Å²) in [4.78, 5) is 11.8. The van der Waals surface area contributed by atoms with Crippen molar-refractivity contribution in [3.63, 3.8) is 0 Å². The van der Waals surface area contributed by atoms with Gasteiger partial charge >= 0.3 is 0 Å². The lowest BCUT2D eigenvalue weighted by molar-refractivity contribution is -0.121. The number of rotatable bonds is 5. The van der Waals surface area contributed by atoms with E-state index in [9.17, 15) is 17.6 Å². The number of hydrogen-bond donors (Lipinski definition) is 1. The van der Waals surface area contributed by atoms with E-state index in [1.165, 1.54) is 12.3 Å². The van der Waals surface area contributed by atoms with Gasteiger partial charge in [0.25, 0.3) is 0 Å². The van der Waals surface area contributed by atoms with Crippen LogP contribution in [0.5, 0.6) is 0 Å². The number of benzene rings is 1. The summed E-state index contributed by atoms with van der Waals surface area (Å²) < 4.78 is 41.9. The van der Waals surface area contributed by atoms with Crippen LogP contribution in [0.4, 0.5) is 4.39 Å². The molecule has 2 aromatic rings. The van der Waals surface area contributed by atoms with Crippen LogP contribution in [0.1, 0.15) is 18.6 Å². The zero-order chi connectivity index (χ0) is 17.9. The van der Waals surface area contributed by atoms with Gasteiger partial charge in [-0.2, -0.15) is 5.10 Å². The summed E-state index contributed by atoms with van der Waals surface area (Å²) in [5.41, 5.74) is 2.69. The molecule has 25 heavy (non-hydrogen) atoms. The van der Waals surface area contributed by atoms with Crippen molar-refractivity contribution >= 4 is 22.0 Å². The number of hydrazone groups is 1. The van der Waals surface area contributed by atoms with E-state index in [1.807, 2.05) is 0 Å². The van der Waals surface area contributed by atoms with E-state index < -0.39 is 9.84 Å². The van der Waals surface area contributed by atoms with Gasteiger partial charge in [-0.15, -0.1) is 0 Å². The summed E-state index contributed by atoms with van der Waals surface area (Å²) in [6.45, 7) is 0. The van der Waals surface area contributed by atoms with Gasteiger partial charge in [-0.3, -0.25) is 4.79 Å². The first-order valence-electron chi connectivity index (χ1n) is 7.80. The second kappa shape index (κ2) is 7.18. The number of hydrogen-bond acceptors (Lipinski definition) is 5. The normalized spacial score (nSPS) is 19.3. The minimum absolute atomic E-state index is 0.0499. The number of amides is 1. The van der Waals surface area contributed by atoms with Crippen molar-refractivity contribution in [2.75, 3.05) is 11.5 Å². The van der Waals surface area contributed by atoms with Crippen molar-refractivity contribution < 1.29 is 22.0 Å². The van der Waals surface area contributed by atoms with Gasteiger partial charge in [0, 0.05) is 6.42 Å². The highest BCUT2D eigenvalue weighted by molar-refractivity contribution is 7.91. The molecule has 1 aromatic heterocycles. The van der Waals surface area contributed by atoms with E-state index >= 15 is 0 Å². The molecule has 3 rings (SSSR count). The first-order valence-corrected chi connectivity index (χ1v) is 9.62. The maximum Gasteiger partial charge on any atom is 0.240 e. The predicted molar refractivity (Wildman–Crippen MR) is 91.2 cm³/mol. The molecule has 1 aromatic carbocycles. The lowest BCUT2D eigenvalue weighted by Crippen LogP contribution is -2.21. The monoisotopic (exact) mass is 364 g/mol. The first kappa shape index (κ1) is 17.3. The fraction of sp³-hybridized carbons (Fsp3) is 0.294. The molecule has 6 nitrogen and oxygen atoms in total. The molecule has 0 unspecified atom stereocenters. The fourth-order valence-electron chi connectivity index (χ4n) is 2.74. The maximum atomic E-state index is 13.7. The van der Waals surface area contributed by atoms with Crippen molar-refractivity contribution in [3.05, 3.63) is 48.0 Å². The smallest absolute Gasteiger partial charge is 0.240 e. The molecule has 1 fully saturated rings. The second-order valence-electron chi connectivity index (χ2n) is 5.95. The molecule has 0 aliphatic carbocycles. The molecular formula is C17H17FN2O4S. The molecule has 8 heteroatoms. The van der Waals surface area contributed by atoms with Gasteiger partial charge in [0.1, 0.15) is 17.3 Å². The Morgan fingerprint density at radius 3 is 2.84 bits per heavy atom. The Hall–Kier alpha value is -2.48. The number of carbonyl (C=O) groups is 1. The molecule has 0 radical (unpaired) electrons. The summed E-state index contributed by atoms with van der Waals surface area (Å²) in [5, 5.41) is 3.79. The lowest BCUT2D eigenvalue weighted by Gasteiger charge is -2.04. The van der Waals surface area contributed by atoms with Gasteiger partial charge in [0.2, 0.25) is 5.91 Å². The first-order chi connectivity index (χ1) is 11.9. The number of nitrogens with one attached hydrogen (secondary N) is 1. The Kier molecular flexibility index (Phi) is 4.98. The van der Waals surface area contributed by atoms with Gasteiger partial charge in [0.05, 0.1) is 23.3 Å². The number of nitrogens with zero attached hydrogens (tertiary/aromatic N) is 1. The van der Waals surface area contributed by atoms with Gasteiger partial charge < -0.3 is 4.42 Å². The van der Waals surface area contributed by atoms with E-state index in [0.29, 0.717) is 23.5 Å². The van der Waals surface area contributed by atoms with Crippen LogP contribution in [0.25, 0.3) is 11.3 Å². The number of furan rings is 1. The largest absolute Gasteiger partial charge is 0.455 e. The van der Waals surface area contributed by atoms with Gasteiger partial charge in [-0.05, 0) is 36.6 Å². The Bertz CT molecular complexity index is 905. The Morgan fingerprint density at radius 2 is 2.12 bits per heavy atom. The number of sulfone groups is 1. The highest BCUT2D eigenvalue weighted by Gasteiger charge is 2.29. The summed E-state index contributed by atoms with van der Waals surface area (Å²) >= 11 is 0. The summed E-state index contributed by atoms with van der Waals surface area (Å²) in [6.07, 6.45) is 1.94. The predicted octanol–water partition coefficient (Wildman–Crippen LogP) is 2.36. The minimum Gasteiger partial charge on any atom is -0.455 e. The third-order valence-electron chi connectivity index (χ3n) is 3.95. The van der Waals surface area contributed by atoms with Crippen molar-refractivity contribution in [1.82, 2.24) is 5.43 Å². The molecule has 0 spiro atoms. The van der Waals surface area contributed by atoms with E-state index in [2.05, 4.69) is 10.5 Å². The van der Waals surface area contributed by atoms with E-state index in [1.54, 1.807) is 30.3 Å². The topological polar surface area (TPSA) is 88.7 Å². The molecule has 2 heterocycles. The van der Waals surface area contributed by atoms with Crippen molar-refractivity contribution in [2.45, 2.75) is 12.8 Å². The van der Waals surface area contributed by atoms with Crippen LogP contribution >= 0.6 is 0 Å². The zero-order valence-electron chi connectivity index (χ0n) is 13.3. The van der Waals surface area contributed by atoms with Crippen molar-refractivity contribution in [1.29, 1.82) is 0 Å². The molecule has 1 atom stereocenters. The average molecular weight is 364 g/mol. The second-order valence-corrected chi connectivity index (χ2v) is 8.18. The number of carbonyl (C=O) groups excluding carboxylic acids is 1. The summed E-state index contributed by atoms with van der Waals surface area (Å²) in [7, 11) is -3.00. The van der Waals surface area contributed by atoms with Crippen molar-refractivity contribution in [2.24, 2.45) is 11.0 Å². The van der Waals surface area contributed by atoms with Crippen LogP contribution in [0.2, 0.25) is 0 Å². The highest BCUT2D eigenvalue weighted by atomic mass is 32.2. The molecule has 0 saturated carbocycles. The molecule has 1 N–H and O–H groups in total. The van der Waals surface area contributed by atoms with Gasteiger partial charge in [-0.1, -0.05) is 12.1 Å². The number of halogens is 1. The molecule has 1 aliphatic rings. The standard InChI is InChI=1S/C17H17FN2O4S/c18-15-4-2-1-3-14(15)16-6-5-13(24-16)10-19-20-17(21)9-12-7-8-25(22,23)11-12/h1-6,10,12H,7-9,11H2,(H,20,21)/b19-10-/t12-/m0/s1. The van der Waals surface area contributed by atoms with E-state index in [-0.39, 0.29) is 35.6 Å². The molecule has 132 valence electrons. The van der Waals surface area contributed by atoms with E-state index in [4.69, 9.17) is 4.42 Å². The van der Waals surface area contributed by atoms with Crippen LogP contribution < -0.4 is 5.43 Å². The average Bonchev–Trinajstić information content (AvgIpc) is 3.14. The van der Waals surface area contributed by atoms with E-state index in [0.717, 1.165) is 0 Å². The quantitative estimate of drug-likeness (QED) is 0.652. The van der Waals surface area contributed by atoms with Gasteiger partial charge in [-0.25, -0.2) is 18.2 Å². The van der Waals surface area contributed by atoms with Gasteiger partial charge in [0.15, 0.2) is 9.84 Å². The molecule has 1 amide bonds. The third-order valence-corrected chi connectivity index (χ3v) is 5.78. The van der Waals surface area contributed by atoms with Crippen molar-refractivity contribution in [3.8, 4) is 11.3 Å². The SMILES string of the molecule is O=C(C[C@@H]1CCS(=O)(=O)C1)N/N=C\c1ccc(-c2ccccc2F)o1. The summed E-state index contributed by atoms with van der Waals surface area (Å²) in [5.74, 6) is 0.0215. The maximum absolute atomic E-state index is 13.7. The summed E-state index contributed by atoms with van der Waals surface area (Å²) in [6, 6.07) is 9.47. The lowest BCUT2D eigenvalue weighted by atomic mass is 10.1. The Morgan fingerprint density at radius 1 is 1.32 bits per heavy atom. The van der Waals surface area contributed by atoms with Crippen LogP contribution in [0.3, 0.4) is 0 Å². The van der Waals surface area contributed by atoms with Crippen LogP contribution in [0, 0.1) is 11.7 Å². The van der Waals surface area contributed by atoms with Crippen LogP contribution in [-0.4, -0.2) is 32.0 Å². The Labute approximate surface area is 144 Å². The molecule has 0 bridgehead atoms. The Balaban J connectivity index is 1.55.